The van der Waals surface area contributed by atoms with Crippen LogP contribution in [0.1, 0.15) is 21.5 Å². The maximum absolute atomic E-state index is 12.7. The van der Waals surface area contributed by atoms with Crippen LogP contribution >= 0.6 is 11.6 Å². The molecule has 1 aliphatic rings. The van der Waals surface area contributed by atoms with Gasteiger partial charge in [0.2, 0.25) is 0 Å². The third kappa shape index (κ3) is 3.62. The lowest BCUT2D eigenvalue weighted by Gasteiger charge is -2.12. The molecule has 0 radical (unpaired) electrons. The molecule has 0 spiro atoms. The molecule has 0 saturated heterocycles. The highest BCUT2D eigenvalue weighted by Crippen LogP contribution is 2.38. The molecule has 26 heavy (non-hydrogen) atoms. The first-order valence-corrected chi connectivity index (χ1v) is 7.82. The Hall–Kier alpha value is -2.67. The number of hydrogen-bond donors (Lipinski definition) is 0. The molecule has 2 aromatic carbocycles. The quantitative estimate of drug-likeness (QED) is 0.684. The monoisotopic (exact) mass is 383 g/mol. The van der Waals surface area contributed by atoms with Crippen LogP contribution < -0.4 is 4.74 Å². The van der Waals surface area contributed by atoms with Gasteiger partial charge in [-0.05, 0) is 36.4 Å². The van der Waals surface area contributed by atoms with Crippen LogP contribution in [-0.4, -0.2) is 25.0 Å². The van der Waals surface area contributed by atoms with E-state index in [1.54, 1.807) is 31.3 Å². The average Bonchev–Trinajstić information content (AvgIpc) is 2.83. The van der Waals surface area contributed by atoms with Gasteiger partial charge in [-0.1, -0.05) is 11.6 Å². The molecule has 0 saturated carbocycles. The van der Waals surface area contributed by atoms with E-state index >= 15 is 0 Å². The highest BCUT2D eigenvalue weighted by atomic mass is 35.5. The van der Waals surface area contributed by atoms with Crippen molar-refractivity contribution in [1.82, 2.24) is 4.90 Å². The molecule has 3 rings (SSSR count). The molecule has 0 bridgehead atoms. The minimum Gasteiger partial charge on any atom is -0.456 e. The number of hydrogen-bond acceptors (Lipinski definition) is 4. The number of halogens is 4. The van der Waals surface area contributed by atoms with E-state index < -0.39 is 17.7 Å². The van der Waals surface area contributed by atoms with E-state index in [9.17, 15) is 18.0 Å². The molecule has 136 valence electrons. The highest BCUT2D eigenvalue weighted by Gasteiger charge is 2.31. The molecule has 0 aliphatic carbocycles. The van der Waals surface area contributed by atoms with Crippen molar-refractivity contribution in [2.75, 3.05) is 14.1 Å². The van der Waals surface area contributed by atoms with Crippen molar-refractivity contribution in [2.24, 2.45) is 0 Å². The minimum absolute atomic E-state index is 0.0722. The van der Waals surface area contributed by atoms with E-state index in [0.717, 1.165) is 18.2 Å². The van der Waals surface area contributed by atoms with Crippen LogP contribution in [-0.2, 0) is 10.9 Å². The lowest BCUT2D eigenvalue weighted by atomic mass is 10.1. The predicted octanol–water partition coefficient (Wildman–Crippen LogP) is 5.18. The Morgan fingerprint density at radius 1 is 1.12 bits per heavy atom. The van der Waals surface area contributed by atoms with E-state index in [1.807, 2.05) is 0 Å². The van der Waals surface area contributed by atoms with Gasteiger partial charge in [0, 0.05) is 25.9 Å². The Bertz CT molecular complexity index is 907. The standard InChI is InChI=1S/C18H13ClF3NO3/c1-23(2)9-16-13-8-11(4-5-12(13)17(24)26-16)25-15-6-3-10(7-14(15)19)18(20,21)22/h3-9H,1-2H3. The molecule has 0 atom stereocenters. The van der Waals surface area contributed by atoms with E-state index in [0.29, 0.717) is 22.6 Å². The summed E-state index contributed by atoms with van der Waals surface area (Å²) in [6.45, 7) is 0. The first-order valence-electron chi connectivity index (χ1n) is 7.44. The number of carbonyl (C=O) groups excluding carboxylic acids is 1. The molecule has 0 N–H and O–H groups in total. The van der Waals surface area contributed by atoms with Crippen LogP contribution in [0.15, 0.2) is 42.6 Å². The fourth-order valence-electron chi connectivity index (χ4n) is 2.40. The Balaban J connectivity index is 1.92. The number of carbonyl (C=O) groups is 1. The molecular formula is C18H13ClF3NO3. The van der Waals surface area contributed by atoms with Crippen molar-refractivity contribution in [3.8, 4) is 11.5 Å². The highest BCUT2D eigenvalue weighted by molar-refractivity contribution is 6.32. The summed E-state index contributed by atoms with van der Waals surface area (Å²) in [5, 5.41) is -0.170. The molecule has 2 aromatic rings. The number of nitrogens with zero attached hydrogens (tertiary/aromatic N) is 1. The van der Waals surface area contributed by atoms with Gasteiger partial charge in [-0.2, -0.15) is 13.2 Å². The van der Waals surface area contributed by atoms with Gasteiger partial charge < -0.3 is 14.4 Å². The van der Waals surface area contributed by atoms with Crippen LogP contribution in [0, 0.1) is 0 Å². The van der Waals surface area contributed by atoms with Crippen LogP contribution in [0.25, 0.3) is 5.76 Å². The summed E-state index contributed by atoms with van der Waals surface area (Å²) >= 11 is 5.90. The number of ether oxygens (including phenoxy) is 2. The molecule has 0 unspecified atom stereocenters. The van der Waals surface area contributed by atoms with Gasteiger partial charge in [0.25, 0.3) is 0 Å². The number of fused-ring (bicyclic) bond motifs is 1. The van der Waals surface area contributed by atoms with Gasteiger partial charge in [0.05, 0.1) is 16.1 Å². The van der Waals surface area contributed by atoms with Crippen LogP contribution in [0.4, 0.5) is 13.2 Å². The van der Waals surface area contributed by atoms with E-state index in [1.165, 1.54) is 12.1 Å². The van der Waals surface area contributed by atoms with Gasteiger partial charge in [-0.15, -0.1) is 0 Å². The molecule has 8 heteroatoms. The molecule has 1 heterocycles. The SMILES string of the molecule is CN(C)C=C1OC(=O)c2ccc(Oc3ccc(C(F)(F)F)cc3Cl)cc21. The number of benzene rings is 2. The zero-order valence-electron chi connectivity index (χ0n) is 13.7. The first kappa shape index (κ1) is 18.1. The fourth-order valence-corrected chi connectivity index (χ4v) is 2.61. The van der Waals surface area contributed by atoms with Crippen molar-refractivity contribution in [3.05, 3.63) is 64.3 Å². The summed E-state index contributed by atoms with van der Waals surface area (Å²) in [6.07, 6.45) is -2.85. The van der Waals surface area contributed by atoms with E-state index in [-0.39, 0.29) is 10.8 Å². The van der Waals surface area contributed by atoms with Crippen LogP contribution in [0.5, 0.6) is 11.5 Å². The summed E-state index contributed by atoms with van der Waals surface area (Å²) in [6, 6.07) is 7.46. The molecule has 0 aromatic heterocycles. The molecular weight excluding hydrogens is 371 g/mol. The Morgan fingerprint density at radius 3 is 2.46 bits per heavy atom. The van der Waals surface area contributed by atoms with Gasteiger partial charge in [-0.25, -0.2) is 4.79 Å². The van der Waals surface area contributed by atoms with Crippen molar-refractivity contribution in [1.29, 1.82) is 0 Å². The topological polar surface area (TPSA) is 38.8 Å². The smallest absolute Gasteiger partial charge is 0.416 e. The van der Waals surface area contributed by atoms with Crippen molar-refractivity contribution >= 4 is 23.3 Å². The summed E-state index contributed by atoms with van der Waals surface area (Å²) in [5.41, 5.74) is 0.0483. The summed E-state index contributed by atoms with van der Waals surface area (Å²) in [4.78, 5) is 13.6. The first-order chi connectivity index (χ1) is 12.1. The molecule has 0 amide bonds. The Labute approximate surface area is 152 Å². The van der Waals surface area contributed by atoms with Gasteiger partial charge >= 0.3 is 12.1 Å². The lowest BCUT2D eigenvalue weighted by Crippen LogP contribution is -2.04. The third-order valence-corrected chi connectivity index (χ3v) is 3.84. The zero-order chi connectivity index (χ0) is 19.1. The van der Waals surface area contributed by atoms with E-state index in [2.05, 4.69) is 0 Å². The second-order valence-electron chi connectivity index (χ2n) is 5.80. The second-order valence-corrected chi connectivity index (χ2v) is 6.21. The number of alkyl halides is 3. The fraction of sp³-hybridized carbons (Fsp3) is 0.167. The minimum atomic E-state index is -4.49. The number of rotatable bonds is 3. The summed E-state index contributed by atoms with van der Waals surface area (Å²) < 4.78 is 48.9. The normalized spacial score (nSPS) is 15.0. The predicted molar refractivity (Wildman–Crippen MR) is 90.0 cm³/mol. The van der Waals surface area contributed by atoms with Gasteiger partial charge in [-0.3, -0.25) is 0 Å². The third-order valence-electron chi connectivity index (χ3n) is 3.54. The van der Waals surface area contributed by atoms with Gasteiger partial charge in [0.1, 0.15) is 11.5 Å². The molecule has 1 aliphatic heterocycles. The van der Waals surface area contributed by atoms with Gasteiger partial charge in [0.15, 0.2) is 5.76 Å². The summed E-state index contributed by atoms with van der Waals surface area (Å²) in [7, 11) is 3.56. The number of cyclic esters (lactones) is 1. The largest absolute Gasteiger partial charge is 0.456 e. The number of esters is 1. The second kappa shape index (κ2) is 6.57. The maximum atomic E-state index is 12.7. The average molecular weight is 384 g/mol. The zero-order valence-corrected chi connectivity index (χ0v) is 14.5. The molecule has 4 nitrogen and oxygen atoms in total. The van der Waals surface area contributed by atoms with Crippen molar-refractivity contribution < 1.29 is 27.4 Å². The lowest BCUT2D eigenvalue weighted by molar-refractivity contribution is -0.137. The Morgan fingerprint density at radius 2 is 1.85 bits per heavy atom. The van der Waals surface area contributed by atoms with Crippen molar-refractivity contribution in [3.63, 3.8) is 0 Å². The van der Waals surface area contributed by atoms with Crippen LogP contribution in [0.2, 0.25) is 5.02 Å². The molecule has 0 fully saturated rings. The van der Waals surface area contributed by atoms with E-state index in [4.69, 9.17) is 21.1 Å². The summed E-state index contributed by atoms with van der Waals surface area (Å²) in [5.74, 6) is 0.266. The maximum Gasteiger partial charge on any atom is 0.416 e. The van der Waals surface area contributed by atoms with Crippen LogP contribution in [0.3, 0.4) is 0 Å². The Kier molecular flexibility index (Phi) is 4.58. The van der Waals surface area contributed by atoms with Crippen molar-refractivity contribution in [2.45, 2.75) is 6.18 Å².